The minimum Gasteiger partial charge on any atom is -0.497 e. The van der Waals surface area contributed by atoms with Crippen molar-refractivity contribution in [2.24, 2.45) is 0 Å². The van der Waals surface area contributed by atoms with Crippen LogP contribution in [0.15, 0.2) is 60.8 Å². The van der Waals surface area contributed by atoms with Gasteiger partial charge in [0, 0.05) is 36.6 Å². The monoisotopic (exact) mass is 387 g/mol. The van der Waals surface area contributed by atoms with Crippen LogP contribution in [0.25, 0.3) is 5.69 Å². The molecular weight excluding hydrogens is 362 g/mol. The first-order chi connectivity index (χ1) is 14.1. The zero-order valence-corrected chi connectivity index (χ0v) is 16.8. The van der Waals surface area contributed by atoms with E-state index in [4.69, 9.17) is 4.74 Å². The summed E-state index contributed by atoms with van der Waals surface area (Å²) >= 11 is 0. The molecule has 0 bridgehead atoms. The Kier molecular flexibility index (Phi) is 4.12. The average Bonchev–Trinajstić information content (AvgIpc) is 3.25. The molecule has 0 atom stereocenters. The second-order valence-electron chi connectivity index (χ2n) is 7.96. The van der Waals surface area contributed by atoms with Gasteiger partial charge in [0.25, 0.3) is 5.91 Å². The van der Waals surface area contributed by atoms with Gasteiger partial charge in [0.15, 0.2) is 0 Å². The molecule has 29 heavy (non-hydrogen) atoms. The van der Waals surface area contributed by atoms with Crippen LogP contribution >= 0.6 is 0 Å². The molecule has 3 aromatic rings. The Morgan fingerprint density at radius 2 is 1.86 bits per heavy atom. The van der Waals surface area contributed by atoms with Gasteiger partial charge in [-0.05, 0) is 55.7 Å². The third kappa shape index (κ3) is 2.80. The first-order valence-electron chi connectivity index (χ1n) is 10.1. The molecule has 0 radical (unpaired) electrons. The summed E-state index contributed by atoms with van der Waals surface area (Å²) in [5.41, 5.74) is 5.13. The summed E-state index contributed by atoms with van der Waals surface area (Å²) in [5.74, 6) is 0.973. The van der Waals surface area contributed by atoms with E-state index in [9.17, 15) is 4.79 Å². The molecule has 0 aliphatic carbocycles. The number of ether oxygens (including phenoxy) is 1. The largest absolute Gasteiger partial charge is 0.497 e. The number of likely N-dealkylation sites (tertiary alicyclic amines) is 1. The maximum absolute atomic E-state index is 13.1. The fraction of sp³-hybridized carbons (Fsp3) is 0.292. The lowest BCUT2D eigenvalue weighted by molar-refractivity contribution is 0.0675. The van der Waals surface area contributed by atoms with E-state index in [1.807, 2.05) is 42.2 Å². The number of methoxy groups -OCH3 is 1. The number of nitrogens with zero attached hydrogens (tertiary/aromatic N) is 2. The number of hydrogen-bond acceptors (Lipinski definition) is 3. The van der Waals surface area contributed by atoms with E-state index in [1.165, 1.54) is 5.69 Å². The van der Waals surface area contributed by atoms with Gasteiger partial charge in [-0.25, -0.2) is 0 Å². The number of carbonyl (C=O) groups is 1. The van der Waals surface area contributed by atoms with Crippen LogP contribution in [0.3, 0.4) is 0 Å². The summed E-state index contributed by atoms with van der Waals surface area (Å²) in [4.78, 5) is 15.0. The van der Waals surface area contributed by atoms with E-state index >= 15 is 0 Å². The zero-order valence-electron chi connectivity index (χ0n) is 16.8. The second-order valence-corrected chi connectivity index (χ2v) is 7.96. The predicted octanol–water partition coefficient (Wildman–Crippen LogP) is 4.35. The SMILES string of the molecule is COc1ccc2c(c1)NC1(CCN(C(=O)c3ccccc3C)CC1)c1cccn1-2. The van der Waals surface area contributed by atoms with Crippen LogP contribution in [0.2, 0.25) is 0 Å². The van der Waals surface area contributed by atoms with Gasteiger partial charge in [0.2, 0.25) is 0 Å². The molecule has 148 valence electrons. The number of aryl methyl sites for hydroxylation is 1. The lowest BCUT2D eigenvalue weighted by Crippen LogP contribution is -2.51. The molecule has 3 heterocycles. The van der Waals surface area contributed by atoms with E-state index in [1.54, 1.807) is 7.11 Å². The molecule has 2 aromatic carbocycles. The van der Waals surface area contributed by atoms with Gasteiger partial charge in [0.1, 0.15) is 5.75 Å². The van der Waals surface area contributed by atoms with Crippen LogP contribution in [-0.4, -0.2) is 35.6 Å². The minimum atomic E-state index is -0.175. The molecule has 2 aliphatic rings. The number of fused-ring (bicyclic) bond motifs is 4. The Balaban J connectivity index is 1.43. The minimum absolute atomic E-state index is 0.131. The number of piperidine rings is 1. The molecule has 5 heteroatoms. The van der Waals surface area contributed by atoms with Crippen molar-refractivity contribution in [1.82, 2.24) is 9.47 Å². The molecule has 1 aromatic heterocycles. The van der Waals surface area contributed by atoms with Crippen molar-refractivity contribution in [3.8, 4) is 11.4 Å². The van der Waals surface area contributed by atoms with E-state index < -0.39 is 0 Å². The molecule has 1 fully saturated rings. The van der Waals surface area contributed by atoms with Gasteiger partial charge in [0.05, 0.1) is 24.0 Å². The molecule has 5 nitrogen and oxygen atoms in total. The molecule has 1 saturated heterocycles. The third-order valence-electron chi connectivity index (χ3n) is 6.36. The molecule has 1 amide bonds. The standard InChI is InChI=1S/C24H25N3O2/c1-17-6-3-4-7-19(17)23(28)26-14-11-24(12-15-26)22-8-5-13-27(22)21-10-9-18(29-2)16-20(21)25-24/h3-10,13,16,25H,11-12,14-15H2,1-2H3. The number of rotatable bonds is 2. The van der Waals surface area contributed by atoms with Gasteiger partial charge in [-0.2, -0.15) is 0 Å². The Bertz CT molecular complexity index is 1080. The van der Waals surface area contributed by atoms with Crippen molar-refractivity contribution in [3.63, 3.8) is 0 Å². The molecule has 5 rings (SSSR count). The van der Waals surface area contributed by atoms with Crippen molar-refractivity contribution < 1.29 is 9.53 Å². The van der Waals surface area contributed by atoms with Crippen LogP contribution in [0.1, 0.15) is 34.5 Å². The number of aromatic nitrogens is 1. The lowest BCUT2D eigenvalue weighted by atomic mass is 9.82. The lowest BCUT2D eigenvalue weighted by Gasteiger charge is -2.46. The Hall–Kier alpha value is -3.21. The van der Waals surface area contributed by atoms with Gasteiger partial charge >= 0.3 is 0 Å². The summed E-state index contributed by atoms with van der Waals surface area (Å²) < 4.78 is 7.70. The van der Waals surface area contributed by atoms with Gasteiger partial charge < -0.3 is 19.5 Å². The highest BCUT2D eigenvalue weighted by atomic mass is 16.5. The topological polar surface area (TPSA) is 46.5 Å². The molecule has 1 spiro atoms. The number of anilines is 1. The first-order valence-corrected chi connectivity index (χ1v) is 10.1. The maximum Gasteiger partial charge on any atom is 0.254 e. The van der Waals surface area contributed by atoms with Gasteiger partial charge in [-0.3, -0.25) is 4.79 Å². The van der Waals surface area contributed by atoms with Crippen LogP contribution in [0.5, 0.6) is 5.75 Å². The third-order valence-corrected chi connectivity index (χ3v) is 6.36. The second kappa shape index (κ2) is 6.69. The summed E-state index contributed by atoms with van der Waals surface area (Å²) in [6, 6.07) is 18.3. The van der Waals surface area contributed by atoms with E-state index in [2.05, 4.69) is 40.3 Å². The van der Waals surface area contributed by atoms with E-state index in [0.29, 0.717) is 0 Å². The van der Waals surface area contributed by atoms with Crippen LogP contribution in [0, 0.1) is 6.92 Å². The van der Waals surface area contributed by atoms with Crippen molar-refractivity contribution in [3.05, 3.63) is 77.6 Å². The van der Waals surface area contributed by atoms with Crippen molar-refractivity contribution >= 4 is 11.6 Å². The molecular formula is C24H25N3O2. The summed E-state index contributed by atoms with van der Waals surface area (Å²) in [6.07, 6.45) is 3.85. The van der Waals surface area contributed by atoms with E-state index in [-0.39, 0.29) is 11.4 Å². The number of amides is 1. The van der Waals surface area contributed by atoms with Crippen molar-refractivity contribution in [2.75, 3.05) is 25.5 Å². The Labute approximate surface area is 170 Å². The molecule has 0 unspecified atom stereocenters. The number of hydrogen-bond donors (Lipinski definition) is 1. The predicted molar refractivity (Wildman–Crippen MR) is 114 cm³/mol. The fourth-order valence-electron chi connectivity index (χ4n) is 4.71. The smallest absolute Gasteiger partial charge is 0.254 e. The highest BCUT2D eigenvalue weighted by Crippen LogP contribution is 2.44. The highest BCUT2D eigenvalue weighted by molar-refractivity contribution is 5.95. The number of carbonyl (C=O) groups excluding carboxylic acids is 1. The zero-order chi connectivity index (χ0) is 20.0. The maximum atomic E-state index is 13.1. The van der Waals surface area contributed by atoms with Crippen LogP contribution < -0.4 is 10.1 Å². The highest BCUT2D eigenvalue weighted by Gasteiger charge is 2.42. The Morgan fingerprint density at radius 1 is 1.07 bits per heavy atom. The average molecular weight is 387 g/mol. The Morgan fingerprint density at radius 3 is 2.62 bits per heavy atom. The van der Waals surface area contributed by atoms with Crippen molar-refractivity contribution in [2.45, 2.75) is 25.3 Å². The number of nitrogens with one attached hydrogen (secondary N) is 1. The molecule has 1 N–H and O–H groups in total. The first kappa shape index (κ1) is 17.9. The summed E-state index contributed by atoms with van der Waals surface area (Å²) in [5, 5.41) is 3.80. The van der Waals surface area contributed by atoms with Crippen LogP contribution in [-0.2, 0) is 5.54 Å². The number of benzene rings is 2. The normalized spacial score (nSPS) is 16.7. The fourth-order valence-corrected chi connectivity index (χ4v) is 4.71. The summed E-state index contributed by atoms with van der Waals surface area (Å²) in [7, 11) is 1.69. The quantitative estimate of drug-likeness (QED) is 0.711. The van der Waals surface area contributed by atoms with Crippen molar-refractivity contribution in [1.29, 1.82) is 0 Å². The van der Waals surface area contributed by atoms with Crippen LogP contribution in [0.4, 0.5) is 5.69 Å². The van der Waals surface area contributed by atoms with Gasteiger partial charge in [-0.15, -0.1) is 0 Å². The molecule has 2 aliphatic heterocycles. The van der Waals surface area contributed by atoms with Gasteiger partial charge in [-0.1, -0.05) is 18.2 Å². The summed E-state index contributed by atoms with van der Waals surface area (Å²) in [6.45, 7) is 3.45. The van der Waals surface area contributed by atoms with E-state index in [0.717, 1.165) is 54.2 Å². The molecule has 0 saturated carbocycles.